The van der Waals surface area contributed by atoms with Gasteiger partial charge in [0.2, 0.25) is 5.91 Å². The number of fused-ring (bicyclic) bond motifs is 3. The summed E-state index contributed by atoms with van der Waals surface area (Å²) < 4.78 is 5.28. The average Bonchev–Trinajstić information content (AvgIpc) is 2.67. The summed E-state index contributed by atoms with van der Waals surface area (Å²) in [5.41, 5.74) is 2.71. The van der Waals surface area contributed by atoms with Gasteiger partial charge < -0.3 is 14.5 Å². The van der Waals surface area contributed by atoms with Gasteiger partial charge in [0.05, 0.1) is 13.2 Å². The van der Waals surface area contributed by atoms with Crippen LogP contribution in [0.15, 0.2) is 48.5 Å². The molecule has 0 spiro atoms. The van der Waals surface area contributed by atoms with Crippen molar-refractivity contribution < 1.29 is 14.3 Å². The van der Waals surface area contributed by atoms with E-state index in [1.54, 1.807) is 24.1 Å². The molecular formula is C20H20N2O3. The maximum absolute atomic E-state index is 12.8. The Morgan fingerprint density at radius 2 is 1.96 bits per heavy atom. The molecule has 0 aromatic heterocycles. The second-order valence-corrected chi connectivity index (χ2v) is 6.50. The van der Waals surface area contributed by atoms with Crippen molar-refractivity contribution in [1.82, 2.24) is 4.90 Å². The van der Waals surface area contributed by atoms with Crippen molar-refractivity contribution in [2.45, 2.75) is 18.9 Å². The maximum atomic E-state index is 12.8. The van der Waals surface area contributed by atoms with Gasteiger partial charge in [0, 0.05) is 17.8 Å². The summed E-state index contributed by atoms with van der Waals surface area (Å²) >= 11 is 0. The molecule has 1 fully saturated rings. The van der Waals surface area contributed by atoms with Crippen molar-refractivity contribution in [2.75, 3.05) is 25.1 Å². The van der Waals surface area contributed by atoms with Crippen LogP contribution in [0.3, 0.4) is 0 Å². The molecule has 0 N–H and O–H groups in total. The number of carbonyl (C=O) groups is 2. The fourth-order valence-electron chi connectivity index (χ4n) is 3.76. The van der Waals surface area contributed by atoms with E-state index in [4.69, 9.17) is 4.74 Å². The highest BCUT2D eigenvalue weighted by atomic mass is 16.5. The summed E-state index contributed by atoms with van der Waals surface area (Å²) in [5, 5.41) is 0. The first kappa shape index (κ1) is 15.7. The van der Waals surface area contributed by atoms with Gasteiger partial charge in [0.15, 0.2) is 0 Å². The molecule has 5 nitrogen and oxygen atoms in total. The van der Waals surface area contributed by atoms with Crippen molar-refractivity contribution in [3.05, 3.63) is 59.7 Å². The molecule has 0 saturated carbocycles. The molecule has 5 heteroatoms. The number of piperazine rings is 1. The molecule has 0 radical (unpaired) electrons. The summed E-state index contributed by atoms with van der Waals surface area (Å²) in [6, 6.07) is 15.0. The Balaban J connectivity index is 1.59. The Morgan fingerprint density at radius 1 is 1.16 bits per heavy atom. The molecular weight excluding hydrogens is 316 g/mol. The Morgan fingerprint density at radius 3 is 2.72 bits per heavy atom. The number of amides is 2. The Hall–Kier alpha value is -2.82. The molecule has 2 amide bonds. The smallest absolute Gasteiger partial charge is 0.254 e. The van der Waals surface area contributed by atoms with Crippen molar-refractivity contribution >= 4 is 17.5 Å². The monoisotopic (exact) mass is 336 g/mol. The molecule has 25 heavy (non-hydrogen) atoms. The van der Waals surface area contributed by atoms with Crippen LogP contribution >= 0.6 is 0 Å². The number of hydrogen-bond acceptors (Lipinski definition) is 3. The summed E-state index contributed by atoms with van der Waals surface area (Å²) in [6.07, 6.45) is 1.73. The predicted octanol–water partition coefficient (Wildman–Crippen LogP) is 2.50. The summed E-state index contributed by atoms with van der Waals surface area (Å²) in [7, 11) is 1.65. The van der Waals surface area contributed by atoms with Gasteiger partial charge in [-0.05, 0) is 48.7 Å². The van der Waals surface area contributed by atoms with Crippen LogP contribution in [0.2, 0.25) is 0 Å². The lowest BCUT2D eigenvalue weighted by Crippen LogP contribution is -2.59. The van der Waals surface area contributed by atoms with Crippen LogP contribution in [0, 0.1) is 0 Å². The first-order valence-electron chi connectivity index (χ1n) is 8.50. The molecule has 128 valence electrons. The topological polar surface area (TPSA) is 49.9 Å². The lowest BCUT2D eigenvalue weighted by atomic mass is 9.93. The zero-order valence-electron chi connectivity index (χ0n) is 14.1. The highest BCUT2D eigenvalue weighted by Crippen LogP contribution is 2.35. The second-order valence-electron chi connectivity index (χ2n) is 6.50. The number of aryl methyl sites for hydroxylation is 1. The quantitative estimate of drug-likeness (QED) is 0.847. The van der Waals surface area contributed by atoms with Crippen LogP contribution < -0.4 is 9.64 Å². The van der Waals surface area contributed by atoms with Gasteiger partial charge in [0.1, 0.15) is 12.3 Å². The third-order valence-corrected chi connectivity index (χ3v) is 4.99. The Kier molecular flexibility index (Phi) is 3.92. The summed E-state index contributed by atoms with van der Waals surface area (Å²) in [4.78, 5) is 29.0. The number of nitrogens with zero attached hydrogens (tertiary/aromatic N) is 2. The maximum Gasteiger partial charge on any atom is 0.254 e. The van der Waals surface area contributed by atoms with Crippen LogP contribution in [0.4, 0.5) is 5.69 Å². The van der Waals surface area contributed by atoms with Crippen molar-refractivity contribution in [3.8, 4) is 5.75 Å². The van der Waals surface area contributed by atoms with Crippen LogP contribution in [-0.2, 0) is 11.2 Å². The SMILES string of the molecule is COc1ccc2c(c1)CCC1CN(C(=O)c3ccccc3)CC(=O)N21. The molecule has 2 aromatic carbocycles. The third kappa shape index (κ3) is 2.76. The van der Waals surface area contributed by atoms with Gasteiger partial charge >= 0.3 is 0 Å². The number of carbonyl (C=O) groups excluding carboxylic acids is 2. The fraction of sp³-hybridized carbons (Fsp3) is 0.300. The largest absolute Gasteiger partial charge is 0.497 e. The van der Waals surface area contributed by atoms with Crippen molar-refractivity contribution in [1.29, 1.82) is 0 Å². The average molecular weight is 336 g/mol. The molecule has 2 heterocycles. The minimum absolute atomic E-state index is 0.0216. The van der Waals surface area contributed by atoms with Gasteiger partial charge in [-0.25, -0.2) is 0 Å². The van der Waals surface area contributed by atoms with Crippen LogP contribution in [0.5, 0.6) is 5.75 Å². The minimum Gasteiger partial charge on any atom is -0.497 e. The first-order chi connectivity index (χ1) is 12.2. The van der Waals surface area contributed by atoms with E-state index in [2.05, 4.69) is 0 Å². The molecule has 2 aromatic rings. The fourth-order valence-corrected chi connectivity index (χ4v) is 3.76. The lowest BCUT2D eigenvalue weighted by molar-refractivity contribution is -0.121. The van der Waals surface area contributed by atoms with E-state index in [0.29, 0.717) is 12.1 Å². The van der Waals surface area contributed by atoms with Gasteiger partial charge in [0.25, 0.3) is 5.91 Å². The normalized spacial score (nSPS) is 19.2. The minimum atomic E-state index is -0.0749. The molecule has 1 unspecified atom stereocenters. The molecule has 0 aliphatic carbocycles. The molecule has 1 atom stereocenters. The van der Waals surface area contributed by atoms with Crippen LogP contribution in [0.1, 0.15) is 22.3 Å². The van der Waals surface area contributed by atoms with Crippen LogP contribution in [-0.4, -0.2) is 43.0 Å². The molecule has 0 bridgehead atoms. The van der Waals surface area contributed by atoms with E-state index in [1.165, 1.54) is 0 Å². The lowest BCUT2D eigenvalue weighted by Gasteiger charge is -2.44. The summed E-state index contributed by atoms with van der Waals surface area (Å²) in [6.45, 7) is 0.695. The number of ether oxygens (including phenoxy) is 1. The number of benzene rings is 2. The van der Waals surface area contributed by atoms with E-state index in [0.717, 1.165) is 29.8 Å². The van der Waals surface area contributed by atoms with Gasteiger partial charge in [-0.1, -0.05) is 18.2 Å². The van der Waals surface area contributed by atoms with Crippen molar-refractivity contribution in [3.63, 3.8) is 0 Å². The predicted molar refractivity (Wildman–Crippen MR) is 94.9 cm³/mol. The van der Waals surface area contributed by atoms with E-state index in [1.807, 2.05) is 41.3 Å². The van der Waals surface area contributed by atoms with E-state index in [-0.39, 0.29) is 24.4 Å². The molecule has 4 rings (SSSR count). The zero-order chi connectivity index (χ0) is 17.4. The standard InChI is InChI=1S/C20H20N2O3/c1-25-17-9-10-18-15(11-17)7-8-16-12-21(13-19(23)22(16)18)20(24)14-5-3-2-4-6-14/h2-6,9-11,16H,7-8,12-13H2,1H3. The third-order valence-electron chi connectivity index (χ3n) is 4.99. The van der Waals surface area contributed by atoms with E-state index in [9.17, 15) is 9.59 Å². The highest BCUT2D eigenvalue weighted by molar-refractivity contribution is 6.02. The summed E-state index contributed by atoms with van der Waals surface area (Å²) in [5.74, 6) is 0.711. The Labute approximate surface area is 146 Å². The van der Waals surface area contributed by atoms with Crippen LogP contribution in [0.25, 0.3) is 0 Å². The second kappa shape index (κ2) is 6.24. The van der Waals surface area contributed by atoms with Crippen molar-refractivity contribution in [2.24, 2.45) is 0 Å². The molecule has 2 aliphatic heterocycles. The first-order valence-corrected chi connectivity index (χ1v) is 8.50. The zero-order valence-corrected chi connectivity index (χ0v) is 14.1. The highest BCUT2D eigenvalue weighted by Gasteiger charge is 2.38. The Bertz CT molecular complexity index is 819. The molecule has 1 saturated heterocycles. The number of rotatable bonds is 2. The van der Waals surface area contributed by atoms with E-state index >= 15 is 0 Å². The molecule has 2 aliphatic rings. The van der Waals surface area contributed by atoms with Gasteiger partial charge in [-0.3, -0.25) is 9.59 Å². The number of methoxy groups -OCH3 is 1. The number of hydrogen-bond donors (Lipinski definition) is 0. The van der Waals surface area contributed by atoms with Gasteiger partial charge in [-0.2, -0.15) is 0 Å². The van der Waals surface area contributed by atoms with E-state index < -0.39 is 0 Å². The number of anilines is 1. The van der Waals surface area contributed by atoms with Gasteiger partial charge in [-0.15, -0.1) is 0 Å².